The average Bonchev–Trinajstić information content (AvgIpc) is 3.31. The molecule has 0 saturated carbocycles. The quantitative estimate of drug-likeness (QED) is 0.533. The Morgan fingerprint density at radius 1 is 1.00 bits per heavy atom. The first-order valence-electron chi connectivity index (χ1n) is 10.6. The second-order valence-corrected chi connectivity index (χ2v) is 8.37. The number of nitrogens with zero attached hydrogens (tertiary/aromatic N) is 4. The Kier molecular flexibility index (Phi) is 7.46. The lowest BCUT2D eigenvalue weighted by atomic mass is 10.1. The van der Waals surface area contributed by atoms with Gasteiger partial charge < -0.3 is 24.3 Å². The van der Waals surface area contributed by atoms with E-state index < -0.39 is 0 Å². The van der Waals surface area contributed by atoms with Crippen molar-refractivity contribution < 1.29 is 18.7 Å². The Hall–Kier alpha value is -3.53. The van der Waals surface area contributed by atoms with E-state index in [4.69, 9.17) is 9.15 Å². The molecule has 10 heteroatoms. The molecule has 1 aromatic heterocycles. The van der Waals surface area contributed by atoms with E-state index in [0.717, 1.165) is 17.0 Å². The molecule has 9 nitrogen and oxygen atoms in total. The van der Waals surface area contributed by atoms with Crippen molar-refractivity contribution in [2.24, 2.45) is 0 Å². The number of aromatic nitrogens is 2. The third kappa shape index (κ3) is 6.26. The van der Waals surface area contributed by atoms with Gasteiger partial charge in [-0.15, -0.1) is 10.2 Å². The Labute approximate surface area is 196 Å². The summed E-state index contributed by atoms with van der Waals surface area (Å²) in [6, 6.07) is 16.8. The zero-order valence-electron chi connectivity index (χ0n) is 18.3. The molecule has 1 fully saturated rings. The molecule has 4 rings (SSSR count). The van der Waals surface area contributed by atoms with E-state index in [0.29, 0.717) is 43.7 Å². The van der Waals surface area contributed by atoms with Gasteiger partial charge in [0.1, 0.15) is 5.75 Å². The van der Waals surface area contributed by atoms with Crippen molar-refractivity contribution in [2.45, 2.75) is 11.6 Å². The molecule has 1 aliphatic rings. The van der Waals surface area contributed by atoms with Crippen molar-refractivity contribution >= 4 is 29.4 Å². The molecule has 3 aromatic rings. The highest BCUT2D eigenvalue weighted by Gasteiger charge is 2.24. The zero-order valence-corrected chi connectivity index (χ0v) is 19.1. The van der Waals surface area contributed by atoms with Crippen molar-refractivity contribution in [2.75, 3.05) is 44.4 Å². The highest BCUT2D eigenvalue weighted by molar-refractivity contribution is 7.99. The van der Waals surface area contributed by atoms with E-state index in [1.54, 1.807) is 16.9 Å². The molecule has 1 aliphatic heterocycles. The maximum Gasteiger partial charge on any atom is 0.321 e. The van der Waals surface area contributed by atoms with Crippen LogP contribution in [0.5, 0.6) is 5.75 Å². The normalized spacial score (nSPS) is 13.6. The van der Waals surface area contributed by atoms with E-state index in [2.05, 4.69) is 15.5 Å². The van der Waals surface area contributed by atoms with Crippen LogP contribution < -0.4 is 10.1 Å². The van der Waals surface area contributed by atoms with Crippen LogP contribution in [-0.4, -0.2) is 71.0 Å². The summed E-state index contributed by atoms with van der Waals surface area (Å²) in [6.07, 6.45) is 0.512. The smallest absolute Gasteiger partial charge is 0.321 e. The van der Waals surface area contributed by atoms with Crippen molar-refractivity contribution in [3.05, 3.63) is 66.1 Å². The number of urea groups is 1. The van der Waals surface area contributed by atoms with Crippen molar-refractivity contribution in [3.63, 3.8) is 0 Å². The van der Waals surface area contributed by atoms with Crippen molar-refractivity contribution in [1.29, 1.82) is 0 Å². The maximum atomic E-state index is 12.6. The second kappa shape index (κ2) is 10.9. The summed E-state index contributed by atoms with van der Waals surface area (Å²) < 4.78 is 10.8. The fourth-order valence-corrected chi connectivity index (χ4v) is 4.07. The molecule has 33 heavy (non-hydrogen) atoms. The van der Waals surface area contributed by atoms with E-state index in [-0.39, 0.29) is 17.7 Å². The number of methoxy groups -OCH3 is 1. The molecule has 2 heterocycles. The number of carbonyl (C=O) groups excluding carboxylic acids is 2. The lowest BCUT2D eigenvalue weighted by molar-refractivity contribution is -0.129. The number of rotatable bonds is 7. The number of amides is 3. The Balaban J connectivity index is 1.20. The molecular weight excluding hydrogens is 442 g/mol. The second-order valence-electron chi connectivity index (χ2n) is 7.44. The van der Waals surface area contributed by atoms with E-state index in [1.807, 2.05) is 54.6 Å². The Morgan fingerprint density at radius 3 is 2.39 bits per heavy atom. The van der Waals surface area contributed by atoms with Crippen LogP contribution >= 0.6 is 11.8 Å². The molecule has 0 unspecified atom stereocenters. The molecular formula is C23H25N5O4S. The number of hydrogen-bond donors (Lipinski definition) is 1. The van der Waals surface area contributed by atoms with Gasteiger partial charge in [0.15, 0.2) is 0 Å². The number of nitrogens with one attached hydrogen (secondary N) is 1. The van der Waals surface area contributed by atoms with Crippen LogP contribution in [0.4, 0.5) is 10.5 Å². The van der Waals surface area contributed by atoms with Crippen LogP contribution in [0, 0.1) is 0 Å². The summed E-state index contributed by atoms with van der Waals surface area (Å²) in [7, 11) is 1.63. The van der Waals surface area contributed by atoms with Gasteiger partial charge in [0.25, 0.3) is 5.22 Å². The largest absolute Gasteiger partial charge is 0.497 e. The first-order chi connectivity index (χ1) is 16.1. The van der Waals surface area contributed by atoms with Gasteiger partial charge >= 0.3 is 6.03 Å². The van der Waals surface area contributed by atoms with Gasteiger partial charge in [0.05, 0.1) is 19.3 Å². The van der Waals surface area contributed by atoms with Crippen LogP contribution in [-0.2, 0) is 11.2 Å². The van der Waals surface area contributed by atoms with E-state index >= 15 is 0 Å². The molecule has 1 saturated heterocycles. The van der Waals surface area contributed by atoms with Crippen molar-refractivity contribution in [1.82, 2.24) is 20.0 Å². The maximum absolute atomic E-state index is 12.6. The third-order valence-electron chi connectivity index (χ3n) is 5.23. The summed E-state index contributed by atoms with van der Waals surface area (Å²) >= 11 is 1.22. The number of anilines is 1. The average molecular weight is 468 g/mol. The number of ether oxygens (including phenoxy) is 1. The van der Waals surface area contributed by atoms with Crippen LogP contribution in [0.25, 0.3) is 0 Å². The van der Waals surface area contributed by atoms with Gasteiger partial charge in [-0.3, -0.25) is 4.79 Å². The summed E-state index contributed by atoms with van der Waals surface area (Å²) in [5.74, 6) is 1.48. The number of hydrogen-bond acceptors (Lipinski definition) is 7. The molecule has 0 atom stereocenters. The number of thioether (sulfide) groups is 1. The van der Waals surface area contributed by atoms with Crippen LogP contribution in [0.2, 0.25) is 0 Å². The summed E-state index contributed by atoms with van der Waals surface area (Å²) in [6.45, 7) is 1.96. The summed E-state index contributed by atoms with van der Waals surface area (Å²) in [5, 5.41) is 11.3. The Morgan fingerprint density at radius 2 is 1.70 bits per heavy atom. The molecule has 2 aromatic carbocycles. The summed E-state index contributed by atoms with van der Waals surface area (Å²) in [4.78, 5) is 28.4. The van der Waals surface area contributed by atoms with Gasteiger partial charge in [-0.05, 0) is 29.8 Å². The molecule has 0 radical (unpaired) electrons. The SMILES string of the molecule is COc1ccc(Cc2nnc(SCC(=O)N3CCN(C(=O)Nc4ccccc4)CC3)o2)cc1. The van der Waals surface area contributed by atoms with Crippen LogP contribution in [0.1, 0.15) is 11.5 Å². The predicted octanol–water partition coefficient (Wildman–Crippen LogP) is 3.14. The molecule has 1 N–H and O–H groups in total. The van der Waals surface area contributed by atoms with Gasteiger partial charge in [-0.1, -0.05) is 42.1 Å². The lowest BCUT2D eigenvalue weighted by Crippen LogP contribution is -2.52. The monoisotopic (exact) mass is 467 g/mol. The molecule has 0 bridgehead atoms. The highest BCUT2D eigenvalue weighted by Crippen LogP contribution is 2.20. The number of para-hydroxylation sites is 1. The molecule has 172 valence electrons. The number of carbonyl (C=O) groups is 2. The zero-order chi connectivity index (χ0) is 23.0. The molecule has 0 spiro atoms. The first kappa shape index (κ1) is 22.7. The first-order valence-corrected chi connectivity index (χ1v) is 11.6. The third-order valence-corrected chi connectivity index (χ3v) is 6.03. The van der Waals surface area contributed by atoms with Gasteiger partial charge in [0.2, 0.25) is 11.8 Å². The molecule has 3 amide bonds. The van der Waals surface area contributed by atoms with Crippen molar-refractivity contribution in [3.8, 4) is 5.75 Å². The van der Waals surface area contributed by atoms with Crippen LogP contribution in [0.15, 0.2) is 64.2 Å². The van der Waals surface area contributed by atoms with Gasteiger partial charge in [-0.2, -0.15) is 0 Å². The van der Waals surface area contributed by atoms with Gasteiger partial charge in [0, 0.05) is 31.9 Å². The predicted molar refractivity (Wildman–Crippen MR) is 124 cm³/mol. The Bertz CT molecular complexity index is 1070. The minimum Gasteiger partial charge on any atom is -0.497 e. The fraction of sp³-hybridized carbons (Fsp3) is 0.304. The van der Waals surface area contributed by atoms with E-state index in [9.17, 15) is 9.59 Å². The standard InChI is InChI=1S/C23H25N5O4S/c1-31-19-9-7-17(8-10-19)15-20-25-26-23(32-20)33-16-21(29)27-11-13-28(14-12-27)22(30)24-18-5-3-2-4-6-18/h2-10H,11-16H2,1H3,(H,24,30). The minimum absolute atomic E-state index is 0.0157. The highest BCUT2D eigenvalue weighted by atomic mass is 32.2. The number of piperazine rings is 1. The van der Waals surface area contributed by atoms with Crippen LogP contribution in [0.3, 0.4) is 0 Å². The lowest BCUT2D eigenvalue weighted by Gasteiger charge is -2.34. The summed E-state index contributed by atoms with van der Waals surface area (Å²) in [5.41, 5.74) is 1.78. The molecule has 0 aliphatic carbocycles. The van der Waals surface area contributed by atoms with Gasteiger partial charge in [-0.25, -0.2) is 4.79 Å². The van der Waals surface area contributed by atoms with E-state index in [1.165, 1.54) is 11.8 Å². The fourth-order valence-electron chi connectivity index (χ4n) is 3.38. The minimum atomic E-state index is -0.155. The topological polar surface area (TPSA) is 101 Å². The number of benzene rings is 2.